The number of aliphatic hydroxyl groups is 2. The summed E-state index contributed by atoms with van der Waals surface area (Å²) >= 11 is 0. The first kappa shape index (κ1) is 15.7. The summed E-state index contributed by atoms with van der Waals surface area (Å²) in [7, 11) is 0. The zero-order valence-corrected chi connectivity index (χ0v) is 13.3. The van der Waals surface area contributed by atoms with Gasteiger partial charge in [-0.3, -0.25) is 4.79 Å². The largest absolute Gasteiger partial charge is 0.394 e. The minimum absolute atomic E-state index is 0.147. The van der Waals surface area contributed by atoms with E-state index in [9.17, 15) is 15.0 Å². The van der Waals surface area contributed by atoms with E-state index in [1.165, 1.54) is 0 Å². The van der Waals surface area contributed by atoms with Crippen LogP contribution in [0.5, 0.6) is 0 Å². The van der Waals surface area contributed by atoms with Crippen LogP contribution in [-0.4, -0.2) is 28.8 Å². The van der Waals surface area contributed by atoms with Crippen molar-refractivity contribution in [3.05, 3.63) is 65.2 Å². The Balaban J connectivity index is 2.03. The molecular formula is C19H21NO3. The molecule has 0 spiro atoms. The van der Waals surface area contributed by atoms with Crippen molar-refractivity contribution in [1.82, 2.24) is 0 Å². The van der Waals surface area contributed by atoms with Crippen molar-refractivity contribution in [3.63, 3.8) is 0 Å². The maximum absolute atomic E-state index is 12.6. The normalized spacial score (nSPS) is 21.9. The predicted molar refractivity (Wildman–Crippen MR) is 89.2 cm³/mol. The first-order chi connectivity index (χ1) is 11.0. The van der Waals surface area contributed by atoms with E-state index in [1.54, 1.807) is 4.90 Å². The molecule has 0 aliphatic carbocycles. The SMILES string of the molecule is Cc1ccc(C2[C@@H]([C@H](O)CO)C(=O)N2c2ccccc2C)cc1. The van der Waals surface area contributed by atoms with Gasteiger partial charge in [-0.1, -0.05) is 48.0 Å². The van der Waals surface area contributed by atoms with E-state index in [4.69, 9.17) is 0 Å². The average molecular weight is 311 g/mol. The van der Waals surface area contributed by atoms with Gasteiger partial charge in [0.15, 0.2) is 0 Å². The van der Waals surface area contributed by atoms with Crippen LogP contribution in [0.2, 0.25) is 0 Å². The number of β-lactam (4-membered cyclic amide) rings is 1. The number of nitrogens with zero attached hydrogens (tertiary/aromatic N) is 1. The van der Waals surface area contributed by atoms with E-state index in [-0.39, 0.29) is 11.9 Å². The van der Waals surface area contributed by atoms with Gasteiger partial charge in [0.1, 0.15) is 0 Å². The van der Waals surface area contributed by atoms with Gasteiger partial charge in [-0.05, 0) is 31.0 Å². The summed E-state index contributed by atoms with van der Waals surface area (Å²) in [4.78, 5) is 14.3. The number of para-hydroxylation sites is 1. The van der Waals surface area contributed by atoms with Gasteiger partial charge in [-0.25, -0.2) is 0 Å². The molecule has 2 aromatic rings. The summed E-state index contributed by atoms with van der Waals surface area (Å²) < 4.78 is 0. The molecule has 0 bridgehead atoms. The Morgan fingerprint density at radius 3 is 2.35 bits per heavy atom. The van der Waals surface area contributed by atoms with Gasteiger partial charge in [0.05, 0.1) is 24.7 Å². The van der Waals surface area contributed by atoms with Gasteiger partial charge >= 0.3 is 0 Å². The van der Waals surface area contributed by atoms with Crippen molar-refractivity contribution in [2.24, 2.45) is 5.92 Å². The number of hydrogen-bond donors (Lipinski definition) is 2. The van der Waals surface area contributed by atoms with Crippen molar-refractivity contribution in [3.8, 4) is 0 Å². The van der Waals surface area contributed by atoms with E-state index in [0.717, 1.165) is 22.4 Å². The lowest BCUT2D eigenvalue weighted by Gasteiger charge is -2.49. The molecule has 1 saturated heterocycles. The van der Waals surface area contributed by atoms with Crippen LogP contribution in [0.4, 0.5) is 5.69 Å². The minimum Gasteiger partial charge on any atom is -0.394 e. The highest BCUT2D eigenvalue weighted by Gasteiger charge is 2.52. The zero-order chi connectivity index (χ0) is 16.6. The van der Waals surface area contributed by atoms with E-state index in [0.29, 0.717) is 0 Å². The van der Waals surface area contributed by atoms with Crippen LogP contribution in [0.1, 0.15) is 22.7 Å². The maximum Gasteiger partial charge on any atom is 0.235 e. The van der Waals surface area contributed by atoms with Gasteiger partial charge in [0.25, 0.3) is 0 Å². The Morgan fingerprint density at radius 2 is 1.74 bits per heavy atom. The third-order valence-electron chi connectivity index (χ3n) is 4.54. The van der Waals surface area contributed by atoms with Gasteiger partial charge in [-0.15, -0.1) is 0 Å². The maximum atomic E-state index is 12.6. The molecule has 2 aromatic carbocycles. The van der Waals surface area contributed by atoms with Crippen LogP contribution < -0.4 is 4.90 Å². The summed E-state index contributed by atoms with van der Waals surface area (Å²) in [6.07, 6.45) is -1.05. The molecule has 1 fully saturated rings. The van der Waals surface area contributed by atoms with Gasteiger partial charge in [0, 0.05) is 5.69 Å². The number of aryl methyl sites for hydroxylation is 2. The first-order valence-electron chi connectivity index (χ1n) is 7.78. The smallest absolute Gasteiger partial charge is 0.235 e. The lowest BCUT2D eigenvalue weighted by Crippen LogP contribution is -2.60. The number of anilines is 1. The van der Waals surface area contributed by atoms with E-state index >= 15 is 0 Å². The molecular weight excluding hydrogens is 290 g/mol. The molecule has 0 aromatic heterocycles. The molecule has 4 heteroatoms. The molecule has 1 aliphatic rings. The fourth-order valence-electron chi connectivity index (χ4n) is 3.22. The lowest BCUT2D eigenvalue weighted by atomic mass is 9.78. The van der Waals surface area contributed by atoms with Crippen molar-refractivity contribution in [2.45, 2.75) is 26.0 Å². The molecule has 0 radical (unpaired) electrons. The van der Waals surface area contributed by atoms with E-state index < -0.39 is 18.6 Å². The Hall–Kier alpha value is -2.17. The topological polar surface area (TPSA) is 60.8 Å². The first-order valence-corrected chi connectivity index (χ1v) is 7.78. The number of rotatable bonds is 4. The molecule has 0 saturated carbocycles. The predicted octanol–water partition coefficient (Wildman–Crippen LogP) is 2.36. The highest BCUT2D eigenvalue weighted by Crippen LogP contribution is 2.45. The number of hydrogen-bond acceptors (Lipinski definition) is 3. The van der Waals surface area contributed by atoms with Crippen molar-refractivity contribution >= 4 is 11.6 Å². The number of carbonyl (C=O) groups excluding carboxylic acids is 1. The number of aliphatic hydroxyl groups excluding tert-OH is 2. The third kappa shape index (κ3) is 2.64. The molecule has 1 aliphatic heterocycles. The second-order valence-corrected chi connectivity index (χ2v) is 6.13. The second kappa shape index (κ2) is 6.14. The van der Waals surface area contributed by atoms with Gasteiger partial charge in [0.2, 0.25) is 5.91 Å². The van der Waals surface area contributed by atoms with Gasteiger partial charge < -0.3 is 15.1 Å². The van der Waals surface area contributed by atoms with Crippen LogP contribution in [0.3, 0.4) is 0 Å². The lowest BCUT2D eigenvalue weighted by molar-refractivity contribution is -0.137. The standard InChI is InChI=1S/C19H21NO3/c1-12-7-9-14(10-8-12)18-17(16(22)11-21)19(23)20(18)15-6-4-3-5-13(15)2/h3-10,16-18,21-22H,11H2,1-2H3/t16-,17-,18?/m1/s1. The van der Waals surface area contributed by atoms with Crippen molar-refractivity contribution < 1.29 is 15.0 Å². The molecule has 3 atom stereocenters. The molecule has 120 valence electrons. The summed E-state index contributed by atoms with van der Waals surface area (Å²) in [6, 6.07) is 15.4. The highest BCUT2D eigenvalue weighted by atomic mass is 16.3. The van der Waals surface area contributed by atoms with Crippen LogP contribution >= 0.6 is 0 Å². The summed E-state index contributed by atoms with van der Waals surface area (Å²) in [6.45, 7) is 3.56. The quantitative estimate of drug-likeness (QED) is 0.852. The Labute approximate surface area is 136 Å². The number of amides is 1. The number of benzene rings is 2. The summed E-state index contributed by atoms with van der Waals surface area (Å²) in [5, 5.41) is 19.4. The molecule has 23 heavy (non-hydrogen) atoms. The Morgan fingerprint density at radius 1 is 1.09 bits per heavy atom. The molecule has 4 nitrogen and oxygen atoms in total. The second-order valence-electron chi connectivity index (χ2n) is 6.13. The van der Waals surface area contributed by atoms with E-state index in [1.807, 2.05) is 62.4 Å². The molecule has 1 heterocycles. The monoisotopic (exact) mass is 311 g/mol. The summed E-state index contributed by atoms with van der Waals surface area (Å²) in [5.74, 6) is -0.756. The van der Waals surface area contributed by atoms with Crippen LogP contribution in [0, 0.1) is 19.8 Å². The highest BCUT2D eigenvalue weighted by molar-refractivity contribution is 6.04. The van der Waals surface area contributed by atoms with Crippen LogP contribution in [0.15, 0.2) is 48.5 Å². The van der Waals surface area contributed by atoms with Crippen LogP contribution in [0.25, 0.3) is 0 Å². The van der Waals surface area contributed by atoms with Crippen molar-refractivity contribution in [1.29, 1.82) is 0 Å². The van der Waals surface area contributed by atoms with E-state index in [2.05, 4.69) is 0 Å². The molecule has 1 unspecified atom stereocenters. The fourth-order valence-corrected chi connectivity index (χ4v) is 3.22. The van der Waals surface area contributed by atoms with Gasteiger partial charge in [-0.2, -0.15) is 0 Å². The Bertz CT molecular complexity index is 711. The average Bonchev–Trinajstić information content (AvgIpc) is 2.55. The van der Waals surface area contributed by atoms with Crippen LogP contribution in [-0.2, 0) is 4.79 Å². The molecule has 3 rings (SSSR count). The fraction of sp³-hybridized carbons (Fsp3) is 0.316. The molecule has 2 N–H and O–H groups in total. The minimum atomic E-state index is -1.05. The number of carbonyl (C=O) groups is 1. The Kier molecular flexibility index (Phi) is 4.20. The van der Waals surface area contributed by atoms with Crippen molar-refractivity contribution in [2.75, 3.05) is 11.5 Å². The molecule has 1 amide bonds. The zero-order valence-electron chi connectivity index (χ0n) is 13.3. The third-order valence-corrected chi connectivity index (χ3v) is 4.54. The summed E-state index contributed by atoms with van der Waals surface area (Å²) in [5.41, 5.74) is 3.97.